The van der Waals surface area contributed by atoms with Crippen molar-refractivity contribution in [2.45, 2.75) is 26.4 Å². The van der Waals surface area contributed by atoms with Gasteiger partial charge in [-0.15, -0.1) is 0 Å². The summed E-state index contributed by atoms with van der Waals surface area (Å²) < 4.78 is 5.68. The van der Waals surface area contributed by atoms with Crippen LogP contribution in [0.4, 0.5) is 5.69 Å². The standard InChI is InChI=1S/C20H22Cl2N2O3/c1-3-11-24(20(26)14(2)27-16-7-5-4-6-8-16)13-19(25)23-18-10-9-15(21)12-17(18)22/h4-10,12,14H,3,11,13H2,1-2H3,(H,23,25). The summed E-state index contributed by atoms with van der Waals surface area (Å²) in [5.74, 6) is 0.0122. The van der Waals surface area contributed by atoms with Gasteiger partial charge in [0.1, 0.15) is 5.75 Å². The lowest BCUT2D eigenvalue weighted by molar-refractivity contribution is -0.140. The van der Waals surface area contributed by atoms with Crippen molar-refractivity contribution in [1.29, 1.82) is 0 Å². The van der Waals surface area contributed by atoms with Crippen molar-refractivity contribution >= 4 is 40.7 Å². The molecule has 2 aromatic rings. The first kappa shape index (κ1) is 21.1. The summed E-state index contributed by atoms with van der Waals surface area (Å²) in [6.07, 6.45) is 0.0181. The molecule has 27 heavy (non-hydrogen) atoms. The minimum atomic E-state index is -0.703. The maximum absolute atomic E-state index is 12.7. The summed E-state index contributed by atoms with van der Waals surface area (Å²) in [4.78, 5) is 26.6. The van der Waals surface area contributed by atoms with E-state index in [1.165, 1.54) is 4.90 Å². The predicted octanol–water partition coefficient (Wildman–Crippen LogP) is 4.64. The van der Waals surface area contributed by atoms with Gasteiger partial charge >= 0.3 is 0 Å². The molecule has 1 unspecified atom stereocenters. The van der Waals surface area contributed by atoms with Crippen LogP contribution in [0.3, 0.4) is 0 Å². The van der Waals surface area contributed by atoms with Crippen LogP contribution in [0.25, 0.3) is 0 Å². The first-order valence-corrected chi connectivity index (χ1v) is 9.41. The van der Waals surface area contributed by atoms with Crippen LogP contribution in [-0.2, 0) is 9.59 Å². The van der Waals surface area contributed by atoms with E-state index >= 15 is 0 Å². The number of carbonyl (C=O) groups excluding carboxylic acids is 2. The van der Waals surface area contributed by atoms with E-state index in [1.54, 1.807) is 37.3 Å². The molecule has 1 atom stereocenters. The van der Waals surface area contributed by atoms with Gasteiger partial charge in [-0.3, -0.25) is 9.59 Å². The van der Waals surface area contributed by atoms with Gasteiger partial charge in [-0.2, -0.15) is 0 Å². The second-order valence-electron chi connectivity index (χ2n) is 6.01. The molecule has 7 heteroatoms. The van der Waals surface area contributed by atoms with E-state index < -0.39 is 6.10 Å². The maximum Gasteiger partial charge on any atom is 0.263 e. The van der Waals surface area contributed by atoms with Gasteiger partial charge in [-0.1, -0.05) is 48.3 Å². The SMILES string of the molecule is CCCN(CC(=O)Nc1ccc(Cl)cc1Cl)C(=O)C(C)Oc1ccccc1. The van der Waals surface area contributed by atoms with Gasteiger partial charge in [0.25, 0.3) is 5.91 Å². The van der Waals surface area contributed by atoms with Crippen molar-refractivity contribution in [1.82, 2.24) is 4.90 Å². The van der Waals surface area contributed by atoms with E-state index in [0.717, 1.165) is 6.42 Å². The molecule has 144 valence electrons. The molecular weight excluding hydrogens is 387 g/mol. The molecule has 0 fully saturated rings. The zero-order valence-corrected chi connectivity index (χ0v) is 16.8. The van der Waals surface area contributed by atoms with E-state index in [0.29, 0.717) is 28.0 Å². The molecule has 0 bridgehead atoms. The van der Waals surface area contributed by atoms with Crippen LogP contribution in [0, 0.1) is 0 Å². The number of ether oxygens (including phenoxy) is 1. The van der Waals surface area contributed by atoms with Crippen LogP contribution in [0.15, 0.2) is 48.5 Å². The van der Waals surface area contributed by atoms with Crippen LogP contribution in [-0.4, -0.2) is 35.9 Å². The number of nitrogens with one attached hydrogen (secondary N) is 1. The predicted molar refractivity (Wildman–Crippen MR) is 108 cm³/mol. The van der Waals surface area contributed by atoms with E-state index in [9.17, 15) is 9.59 Å². The first-order chi connectivity index (χ1) is 12.9. The van der Waals surface area contributed by atoms with Crippen molar-refractivity contribution in [3.63, 3.8) is 0 Å². The van der Waals surface area contributed by atoms with Gasteiger partial charge in [0.15, 0.2) is 6.10 Å². The van der Waals surface area contributed by atoms with Gasteiger partial charge in [0.2, 0.25) is 5.91 Å². The maximum atomic E-state index is 12.7. The molecule has 0 saturated carbocycles. The Labute approximate surface area is 169 Å². The van der Waals surface area contributed by atoms with Gasteiger partial charge in [0, 0.05) is 11.6 Å². The van der Waals surface area contributed by atoms with Crippen molar-refractivity contribution in [2.24, 2.45) is 0 Å². The Balaban J connectivity index is 2.00. The Bertz CT molecular complexity index is 784. The number of halogens is 2. The summed E-state index contributed by atoms with van der Waals surface area (Å²) in [6, 6.07) is 13.9. The molecule has 0 spiro atoms. The Morgan fingerprint density at radius 3 is 2.48 bits per heavy atom. The highest BCUT2D eigenvalue weighted by Gasteiger charge is 2.23. The van der Waals surface area contributed by atoms with Crippen LogP contribution < -0.4 is 10.1 Å². The third-order valence-electron chi connectivity index (χ3n) is 3.75. The first-order valence-electron chi connectivity index (χ1n) is 8.66. The number of para-hydroxylation sites is 1. The quantitative estimate of drug-likeness (QED) is 0.691. The molecule has 0 aliphatic carbocycles. The third kappa shape index (κ3) is 6.45. The highest BCUT2D eigenvalue weighted by Crippen LogP contribution is 2.25. The van der Waals surface area contributed by atoms with Crippen molar-refractivity contribution in [3.05, 3.63) is 58.6 Å². The number of benzene rings is 2. The molecule has 0 aromatic heterocycles. The van der Waals surface area contributed by atoms with Crippen LogP contribution in [0.2, 0.25) is 10.0 Å². The van der Waals surface area contributed by atoms with E-state index in [2.05, 4.69) is 5.32 Å². The molecule has 2 rings (SSSR count). The van der Waals surface area contributed by atoms with Crippen molar-refractivity contribution < 1.29 is 14.3 Å². The monoisotopic (exact) mass is 408 g/mol. The topological polar surface area (TPSA) is 58.6 Å². The number of hydrogen-bond donors (Lipinski definition) is 1. The van der Waals surface area contributed by atoms with E-state index in [-0.39, 0.29) is 18.4 Å². The Morgan fingerprint density at radius 1 is 1.15 bits per heavy atom. The molecule has 0 radical (unpaired) electrons. The smallest absolute Gasteiger partial charge is 0.263 e. The highest BCUT2D eigenvalue weighted by molar-refractivity contribution is 6.36. The van der Waals surface area contributed by atoms with Gasteiger partial charge < -0.3 is 15.0 Å². The van der Waals surface area contributed by atoms with Gasteiger partial charge in [0.05, 0.1) is 17.3 Å². The number of nitrogens with zero attached hydrogens (tertiary/aromatic N) is 1. The summed E-state index contributed by atoms with van der Waals surface area (Å²) in [6.45, 7) is 3.97. The van der Waals surface area contributed by atoms with Crippen molar-refractivity contribution in [3.8, 4) is 5.75 Å². The third-order valence-corrected chi connectivity index (χ3v) is 4.30. The highest BCUT2D eigenvalue weighted by atomic mass is 35.5. The molecule has 0 aliphatic heterocycles. The summed E-state index contributed by atoms with van der Waals surface area (Å²) >= 11 is 11.9. The van der Waals surface area contributed by atoms with Crippen LogP contribution in [0.1, 0.15) is 20.3 Å². The summed E-state index contributed by atoms with van der Waals surface area (Å²) in [5.41, 5.74) is 0.448. The molecule has 5 nitrogen and oxygen atoms in total. The molecule has 0 aliphatic rings. The molecule has 0 saturated heterocycles. The lowest BCUT2D eigenvalue weighted by atomic mass is 10.2. The normalized spacial score (nSPS) is 11.6. The van der Waals surface area contributed by atoms with E-state index in [1.807, 2.05) is 25.1 Å². The largest absolute Gasteiger partial charge is 0.481 e. The van der Waals surface area contributed by atoms with Crippen LogP contribution >= 0.6 is 23.2 Å². The number of rotatable bonds is 8. The zero-order chi connectivity index (χ0) is 19.8. The summed E-state index contributed by atoms with van der Waals surface area (Å²) in [5, 5.41) is 3.52. The molecular formula is C20H22Cl2N2O3. The minimum Gasteiger partial charge on any atom is -0.481 e. The number of hydrogen-bond acceptors (Lipinski definition) is 3. The lowest BCUT2D eigenvalue weighted by Gasteiger charge is -2.25. The van der Waals surface area contributed by atoms with Crippen LogP contribution in [0.5, 0.6) is 5.75 Å². The van der Waals surface area contributed by atoms with Crippen molar-refractivity contribution in [2.75, 3.05) is 18.4 Å². The number of amides is 2. The second-order valence-corrected chi connectivity index (χ2v) is 6.85. The molecule has 2 aromatic carbocycles. The fourth-order valence-electron chi connectivity index (χ4n) is 2.50. The minimum absolute atomic E-state index is 0.0892. The van der Waals surface area contributed by atoms with Gasteiger partial charge in [-0.05, 0) is 43.7 Å². The fraction of sp³-hybridized carbons (Fsp3) is 0.300. The Kier molecular flexibility index (Phi) is 7.95. The Hall–Kier alpha value is -2.24. The average molecular weight is 409 g/mol. The second kappa shape index (κ2) is 10.2. The Morgan fingerprint density at radius 2 is 1.85 bits per heavy atom. The zero-order valence-electron chi connectivity index (χ0n) is 15.2. The average Bonchev–Trinajstić information content (AvgIpc) is 2.64. The van der Waals surface area contributed by atoms with Gasteiger partial charge in [-0.25, -0.2) is 0 Å². The summed E-state index contributed by atoms with van der Waals surface area (Å²) in [7, 11) is 0. The molecule has 0 heterocycles. The molecule has 1 N–H and O–H groups in total. The molecule has 2 amide bonds. The number of carbonyl (C=O) groups is 2. The number of anilines is 1. The van der Waals surface area contributed by atoms with E-state index in [4.69, 9.17) is 27.9 Å². The fourth-order valence-corrected chi connectivity index (χ4v) is 2.96. The lowest BCUT2D eigenvalue weighted by Crippen LogP contribution is -2.44.